The van der Waals surface area contributed by atoms with Crippen LogP contribution in [-0.4, -0.2) is 38.9 Å². The highest BCUT2D eigenvalue weighted by Crippen LogP contribution is 2.26. The Morgan fingerprint density at radius 1 is 1.13 bits per heavy atom. The number of rotatable bonds is 9. The number of halogens is 2. The largest absolute Gasteiger partial charge is 0.370 e. The van der Waals surface area contributed by atoms with Crippen molar-refractivity contribution in [1.29, 1.82) is 0 Å². The van der Waals surface area contributed by atoms with Crippen molar-refractivity contribution in [1.82, 2.24) is 14.8 Å². The molecular weight excluding hydrogens is 441 g/mol. The average Bonchev–Trinajstić information content (AvgIpc) is 3.16. The van der Waals surface area contributed by atoms with Gasteiger partial charge in [-0.2, -0.15) is 0 Å². The van der Waals surface area contributed by atoms with Crippen molar-refractivity contribution in [3.05, 3.63) is 59.4 Å². The maximum absolute atomic E-state index is 13.3. The molecule has 0 aliphatic rings. The van der Waals surface area contributed by atoms with Crippen molar-refractivity contribution < 1.29 is 14.0 Å². The molecule has 0 atom stereocenters. The maximum atomic E-state index is 13.3. The molecule has 10 heteroatoms. The van der Waals surface area contributed by atoms with Crippen LogP contribution in [0.4, 0.5) is 10.1 Å². The number of primary amides is 1. The van der Waals surface area contributed by atoms with Crippen molar-refractivity contribution in [2.24, 2.45) is 5.73 Å². The number of hydrogen-bond acceptors (Lipinski definition) is 5. The molecule has 0 bridgehead atoms. The highest BCUT2D eigenvalue weighted by molar-refractivity contribution is 7.99. The van der Waals surface area contributed by atoms with Crippen LogP contribution in [0, 0.1) is 5.82 Å². The third kappa shape index (κ3) is 5.83. The third-order valence-corrected chi connectivity index (χ3v) is 5.68. The second-order valence-corrected chi connectivity index (χ2v) is 7.96. The van der Waals surface area contributed by atoms with E-state index in [1.807, 2.05) is 23.6 Å². The lowest BCUT2D eigenvalue weighted by Crippen LogP contribution is -2.35. The summed E-state index contributed by atoms with van der Waals surface area (Å²) in [6.07, 6.45) is -0.000357. The quantitative estimate of drug-likeness (QED) is 0.489. The fourth-order valence-corrected chi connectivity index (χ4v) is 3.94. The van der Waals surface area contributed by atoms with Gasteiger partial charge in [0.15, 0.2) is 11.0 Å². The molecule has 0 radical (unpaired) electrons. The van der Waals surface area contributed by atoms with Crippen molar-refractivity contribution in [2.75, 3.05) is 17.2 Å². The van der Waals surface area contributed by atoms with Crippen LogP contribution in [0.3, 0.4) is 0 Å². The molecule has 162 valence electrons. The van der Waals surface area contributed by atoms with Gasteiger partial charge < -0.3 is 15.2 Å². The molecule has 0 aliphatic carbocycles. The zero-order valence-corrected chi connectivity index (χ0v) is 18.4. The molecule has 0 fully saturated rings. The van der Waals surface area contributed by atoms with E-state index in [0.29, 0.717) is 28.2 Å². The Morgan fingerprint density at radius 2 is 1.81 bits per heavy atom. The molecule has 2 amide bonds. The van der Waals surface area contributed by atoms with Gasteiger partial charge in [0, 0.05) is 35.8 Å². The number of carbonyl (C=O) groups excluding carboxylic acids is 2. The van der Waals surface area contributed by atoms with E-state index in [4.69, 9.17) is 17.3 Å². The first-order chi connectivity index (χ1) is 14.9. The summed E-state index contributed by atoms with van der Waals surface area (Å²) in [5, 5.41) is 9.70. The number of nitrogens with two attached hydrogens (primary N) is 1. The summed E-state index contributed by atoms with van der Waals surface area (Å²) in [5.74, 6) is -0.443. The van der Waals surface area contributed by atoms with Crippen LogP contribution in [0.2, 0.25) is 5.02 Å². The number of thioether (sulfide) groups is 1. The lowest BCUT2D eigenvalue weighted by molar-refractivity contribution is -0.118. The van der Waals surface area contributed by atoms with Gasteiger partial charge in [-0.3, -0.25) is 9.59 Å². The molecule has 0 unspecified atom stereocenters. The van der Waals surface area contributed by atoms with Crippen LogP contribution in [0.15, 0.2) is 53.7 Å². The molecule has 3 rings (SSSR count). The molecule has 2 N–H and O–H groups in total. The van der Waals surface area contributed by atoms with E-state index < -0.39 is 11.7 Å². The first kappa shape index (κ1) is 22.8. The number of carbonyl (C=O) groups is 2. The SMILES string of the molecule is CCn1c(SCC(=O)N(CCC(N)=O)c2ccc(F)cc2)nnc1-c1ccc(Cl)cc1. The topological polar surface area (TPSA) is 94.1 Å². The van der Waals surface area contributed by atoms with Gasteiger partial charge in [-0.05, 0) is 55.5 Å². The lowest BCUT2D eigenvalue weighted by Gasteiger charge is -2.22. The number of amides is 2. The second-order valence-electron chi connectivity index (χ2n) is 6.58. The minimum absolute atomic E-state index is 0.000357. The fourth-order valence-electron chi connectivity index (χ4n) is 2.94. The monoisotopic (exact) mass is 461 g/mol. The van der Waals surface area contributed by atoms with Crippen molar-refractivity contribution in [3.63, 3.8) is 0 Å². The Bertz CT molecular complexity index is 1060. The van der Waals surface area contributed by atoms with Gasteiger partial charge in [0.25, 0.3) is 0 Å². The Labute approximate surface area is 188 Å². The summed E-state index contributed by atoms with van der Waals surface area (Å²) in [6, 6.07) is 12.8. The lowest BCUT2D eigenvalue weighted by atomic mass is 10.2. The van der Waals surface area contributed by atoms with Crippen molar-refractivity contribution in [2.45, 2.75) is 25.0 Å². The van der Waals surface area contributed by atoms with Crippen LogP contribution in [0.25, 0.3) is 11.4 Å². The number of benzene rings is 2. The molecule has 7 nitrogen and oxygen atoms in total. The molecule has 2 aromatic carbocycles. The first-order valence-electron chi connectivity index (χ1n) is 9.55. The summed E-state index contributed by atoms with van der Waals surface area (Å²) in [6.45, 7) is 2.69. The normalized spacial score (nSPS) is 10.8. The van der Waals surface area contributed by atoms with Gasteiger partial charge in [0.05, 0.1) is 5.75 Å². The van der Waals surface area contributed by atoms with E-state index in [1.165, 1.54) is 40.9 Å². The molecule has 1 heterocycles. The third-order valence-electron chi connectivity index (χ3n) is 4.48. The molecule has 0 aliphatic heterocycles. The van der Waals surface area contributed by atoms with Crippen LogP contribution in [0.5, 0.6) is 0 Å². The molecule has 31 heavy (non-hydrogen) atoms. The Kier molecular flexibility index (Phi) is 7.64. The van der Waals surface area contributed by atoms with E-state index in [9.17, 15) is 14.0 Å². The van der Waals surface area contributed by atoms with E-state index >= 15 is 0 Å². The van der Waals surface area contributed by atoms with Crippen molar-refractivity contribution >= 4 is 40.9 Å². The zero-order valence-electron chi connectivity index (χ0n) is 16.8. The van der Waals surface area contributed by atoms with E-state index in [2.05, 4.69) is 10.2 Å². The predicted molar refractivity (Wildman–Crippen MR) is 119 cm³/mol. The summed E-state index contributed by atoms with van der Waals surface area (Å²) < 4.78 is 15.2. The first-order valence-corrected chi connectivity index (χ1v) is 10.9. The summed E-state index contributed by atoms with van der Waals surface area (Å²) >= 11 is 7.20. The maximum Gasteiger partial charge on any atom is 0.237 e. The van der Waals surface area contributed by atoms with Crippen molar-refractivity contribution in [3.8, 4) is 11.4 Å². The molecule has 0 saturated heterocycles. The standard InChI is InChI=1S/C21H21ClFN5O2S/c1-2-27-20(14-3-5-15(22)6-4-14)25-26-21(27)31-13-19(30)28(12-11-18(24)29)17-9-7-16(23)8-10-17/h3-10H,2,11-13H2,1H3,(H2,24,29). The Morgan fingerprint density at radius 3 is 2.42 bits per heavy atom. The van der Waals surface area contributed by atoms with Gasteiger partial charge in [0.2, 0.25) is 11.8 Å². The molecular formula is C21H21ClFN5O2S. The minimum Gasteiger partial charge on any atom is -0.370 e. The predicted octanol–water partition coefficient (Wildman–Crippen LogP) is 3.76. The van der Waals surface area contributed by atoms with E-state index in [-0.39, 0.29) is 24.6 Å². The number of aromatic nitrogens is 3. The van der Waals surface area contributed by atoms with Gasteiger partial charge in [-0.15, -0.1) is 10.2 Å². The number of nitrogens with zero attached hydrogens (tertiary/aromatic N) is 4. The highest BCUT2D eigenvalue weighted by atomic mass is 35.5. The highest BCUT2D eigenvalue weighted by Gasteiger charge is 2.20. The minimum atomic E-state index is -0.522. The van der Waals surface area contributed by atoms with Gasteiger partial charge >= 0.3 is 0 Å². The second kappa shape index (κ2) is 10.4. The molecule has 0 saturated carbocycles. The molecule has 0 spiro atoms. The summed E-state index contributed by atoms with van der Waals surface area (Å²) in [4.78, 5) is 25.6. The number of anilines is 1. The smallest absolute Gasteiger partial charge is 0.237 e. The van der Waals surface area contributed by atoms with E-state index in [1.54, 1.807) is 12.1 Å². The molecule has 1 aromatic heterocycles. The average molecular weight is 462 g/mol. The summed E-state index contributed by atoms with van der Waals surface area (Å²) in [7, 11) is 0. The summed E-state index contributed by atoms with van der Waals surface area (Å²) in [5.41, 5.74) is 6.60. The van der Waals surface area contributed by atoms with E-state index in [0.717, 1.165) is 5.56 Å². The van der Waals surface area contributed by atoms with Crippen LogP contribution in [-0.2, 0) is 16.1 Å². The van der Waals surface area contributed by atoms with Crippen LogP contribution < -0.4 is 10.6 Å². The molecule has 3 aromatic rings. The Balaban J connectivity index is 1.76. The fraction of sp³-hybridized carbons (Fsp3) is 0.238. The van der Waals surface area contributed by atoms with Gasteiger partial charge in [0.1, 0.15) is 5.82 Å². The van der Waals surface area contributed by atoms with Gasteiger partial charge in [-0.25, -0.2) is 4.39 Å². The number of hydrogen-bond donors (Lipinski definition) is 1. The van der Waals surface area contributed by atoms with Gasteiger partial charge in [-0.1, -0.05) is 23.4 Å². The zero-order chi connectivity index (χ0) is 22.4. The Hall–Kier alpha value is -2.91. The van der Waals surface area contributed by atoms with Crippen LogP contribution >= 0.6 is 23.4 Å². The van der Waals surface area contributed by atoms with Crippen LogP contribution in [0.1, 0.15) is 13.3 Å².